The first kappa shape index (κ1) is 9.95. The molecule has 1 rings (SSSR count). The Morgan fingerprint density at radius 2 is 2.33 bits per heavy atom. The van der Waals surface area contributed by atoms with Crippen LogP contribution in [0.2, 0.25) is 0 Å². The Morgan fingerprint density at radius 1 is 1.58 bits per heavy atom. The summed E-state index contributed by atoms with van der Waals surface area (Å²) in [6, 6.07) is -0.0105. The summed E-state index contributed by atoms with van der Waals surface area (Å²) in [4.78, 5) is 0. The fraction of sp³-hybridized carbons (Fsp3) is 1.00. The molecule has 1 fully saturated rings. The second kappa shape index (κ2) is 4.20. The molecule has 0 bridgehead atoms. The van der Waals surface area contributed by atoms with Gasteiger partial charge in [-0.1, -0.05) is 0 Å². The van der Waals surface area contributed by atoms with E-state index in [2.05, 4.69) is 4.72 Å². The standard InChI is InChI=1S/C7H15NO3S/c1-2-12(9,10)8-7-4-3-5-11-6-7/h7-8H,2-6H2,1H3/t7-/m0/s1. The third kappa shape index (κ3) is 3.08. The molecule has 1 N–H and O–H groups in total. The first-order valence-electron chi connectivity index (χ1n) is 4.22. The highest BCUT2D eigenvalue weighted by molar-refractivity contribution is 7.89. The first-order valence-corrected chi connectivity index (χ1v) is 5.87. The van der Waals surface area contributed by atoms with Crippen molar-refractivity contribution in [3.63, 3.8) is 0 Å². The summed E-state index contributed by atoms with van der Waals surface area (Å²) < 4.78 is 29.9. The summed E-state index contributed by atoms with van der Waals surface area (Å²) in [7, 11) is -3.05. The highest BCUT2D eigenvalue weighted by Crippen LogP contribution is 2.06. The molecule has 12 heavy (non-hydrogen) atoms. The van der Waals surface area contributed by atoms with Gasteiger partial charge in [-0.15, -0.1) is 0 Å². The number of hydrogen-bond acceptors (Lipinski definition) is 3. The van der Waals surface area contributed by atoms with Gasteiger partial charge in [-0.25, -0.2) is 13.1 Å². The van der Waals surface area contributed by atoms with E-state index in [9.17, 15) is 8.42 Å². The Morgan fingerprint density at radius 3 is 2.83 bits per heavy atom. The van der Waals surface area contributed by atoms with Gasteiger partial charge in [0.2, 0.25) is 10.0 Å². The van der Waals surface area contributed by atoms with Crippen molar-refractivity contribution in [3.05, 3.63) is 0 Å². The minimum atomic E-state index is -3.05. The van der Waals surface area contributed by atoms with Crippen LogP contribution in [0.4, 0.5) is 0 Å². The summed E-state index contributed by atoms with van der Waals surface area (Å²) in [5, 5.41) is 0. The van der Waals surface area contributed by atoms with Crippen LogP contribution in [0.1, 0.15) is 19.8 Å². The normalized spacial score (nSPS) is 25.6. The van der Waals surface area contributed by atoms with E-state index >= 15 is 0 Å². The molecular formula is C7H15NO3S. The monoisotopic (exact) mass is 193 g/mol. The number of nitrogens with one attached hydrogen (secondary N) is 1. The van der Waals surface area contributed by atoms with Crippen molar-refractivity contribution in [1.82, 2.24) is 4.72 Å². The molecule has 0 unspecified atom stereocenters. The summed E-state index contributed by atoms with van der Waals surface area (Å²) in [5.74, 6) is 0.142. The van der Waals surface area contributed by atoms with Crippen molar-refractivity contribution in [2.75, 3.05) is 19.0 Å². The SMILES string of the molecule is CCS(=O)(=O)N[C@H]1CCCOC1. The quantitative estimate of drug-likeness (QED) is 0.692. The molecule has 0 aliphatic carbocycles. The predicted octanol–water partition coefficient (Wildman–Crippen LogP) is 0.105. The number of hydrogen-bond donors (Lipinski definition) is 1. The number of sulfonamides is 1. The average molecular weight is 193 g/mol. The van der Waals surface area contributed by atoms with E-state index in [1.54, 1.807) is 6.92 Å². The van der Waals surface area contributed by atoms with Crippen molar-refractivity contribution in [1.29, 1.82) is 0 Å². The molecule has 72 valence electrons. The summed E-state index contributed by atoms with van der Waals surface area (Å²) >= 11 is 0. The van der Waals surface area contributed by atoms with Gasteiger partial charge in [0.05, 0.1) is 12.4 Å². The van der Waals surface area contributed by atoms with Gasteiger partial charge in [-0.2, -0.15) is 0 Å². The molecule has 1 aliphatic rings. The van der Waals surface area contributed by atoms with Crippen LogP contribution in [0.3, 0.4) is 0 Å². The lowest BCUT2D eigenvalue weighted by Gasteiger charge is -2.22. The highest BCUT2D eigenvalue weighted by atomic mass is 32.2. The topological polar surface area (TPSA) is 55.4 Å². The van der Waals surface area contributed by atoms with Crippen LogP contribution in [0.5, 0.6) is 0 Å². The molecule has 1 aliphatic heterocycles. The second-order valence-electron chi connectivity index (χ2n) is 2.94. The molecule has 4 nitrogen and oxygen atoms in total. The van der Waals surface area contributed by atoms with E-state index in [0.29, 0.717) is 6.61 Å². The molecule has 0 aromatic carbocycles. The van der Waals surface area contributed by atoms with E-state index in [0.717, 1.165) is 19.4 Å². The smallest absolute Gasteiger partial charge is 0.211 e. The van der Waals surface area contributed by atoms with Crippen LogP contribution in [-0.2, 0) is 14.8 Å². The fourth-order valence-corrected chi connectivity index (χ4v) is 2.03. The highest BCUT2D eigenvalue weighted by Gasteiger charge is 2.18. The minimum absolute atomic E-state index is 0.0105. The maximum Gasteiger partial charge on any atom is 0.211 e. The molecule has 1 atom stereocenters. The van der Waals surface area contributed by atoms with E-state index in [4.69, 9.17) is 4.74 Å². The van der Waals surface area contributed by atoms with Crippen LogP contribution in [0.15, 0.2) is 0 Å². The van der Waals surface area contributed by atoms with Crippen LogP contribution < -0.4 is 4.72 Å². The Balaban J connectivity index is 2.39. The largest absolute Gasteiger partial charge is 0.380 e. The summed E-state index contributed by atoms with van der Waals surface area (Å²) in [6.45, 7) is 2.90. The number of ether oxygens (including phenoxy) is 1. The zero-order valence-corrected chi connectivity index (χ0v) is 8.06. The van der Waals surface area contributed by atoms with Gasteiger partial charge >= 0.3 is 0 Å². The Hall–Kier alpha value is -0.130. The summed E-state index contributed by atoms with van der Waals surface area (Å²) in [5.41, 5.74) is 0. The molecule has 5 heteroatoms. The molecule has 0 amide bonds. The molecule has 1 saturated heterocycles. The van der Waals surface area contributed by atoms with Crippen LogP contribution >= 0.6 is 0 Å². The van der Waals surface area contributed by atoms with Gasteiger partial charge in [0.1, 0.15) is 0 Å². The Bertz CT molecular complexity index is 219. The zero-order valence-electron chi connectivity index (χ0n) is 7.25. The van der Waals surface area contributed by atoms with Crippen molar-refractivity contribution in [2.45, 2.75) is 25.8 Å². The van der Waals surface area contributed by atoms with Crippen molar-refractivity contribution < 1.29 is 13.2 Å². The van der Waals surface area contributed by atoms with Gasteiger partial charge < -0.3 is 4.74 Å². The number of rotatable bonds is 3. The zero-order chi connectivity index (χ0) is 9.03. The molecule has 1 heterocycles. The molecular weight excluding hydrogens is 178 g/mol. The predicted molar refractivity (Wildman–Crippen MR) is 46.4 cm³/mol. The van der Waals surface area contributed by atoms with Crippen LogP contribution in [-0.4, -0.2) is 33.4 Å². The van der Waals surface area contributed by atoms with Crippen molar-refractivity contribution in [2.24, 2.45) is 0 Å². The maximum atomic E-state index is 11.1. The van der Waals surface area contributed by atoms with E-state index in [1.807, 2.05) is 0 Å². The lowest BCUT2D eigenvalue weighted by Crippen LogP contribution is -2.41. The lowest BCUT2D eigenvalue weighted by atomic mass is 10.1. The molecule has 0 spiro atoms. The molecule has 0 radical (unpaired) electrons. The lowest BCUT2D eigenvalue weighted by molar-refractivity contribution is 0.0774. The molecule has 0 aromatic heterocycles. The molecule has 0 aromatic rings. The fourth-order valence-electron chi connectivity index (χ4n) is 1.17. The minimum Gasteiger partial charge on any atom is -0.380 e. The van der Waals surface area contributed by atoms with E-state index in [1.165, 1.54) is 0 Å². The van der Waals surface area contributed by atoms with Gasteiger partial charge in [0.15, 0.2) is 0 Å². The van der Waals surface area contributed by atoms with Crippen LogP contribution in [0.25, 0.3) is 0 Å². The molecule has 0 saturated carbocycles. The Labute approximate surface area is 73.3 Å². The van der Waals surface area contributed by atoms with Gasteiger partial charge in [-0.3, -0.25) is 0 Å². The van der Waals surface area contributed by atoms with Crippen molar-refractivity contribution in [3.8, 4) is 0 Å². The van der Waals surface area contributed by atoms with E-state index < -0.39 is 10.0 Å². The van der Waals surface area contributed by atoms with Gasteiger partial charge in [0.25, 0.3) is 0 Å². The third-order valence-electron chi connectivity index (χ3n) is 1.89. The maximum absolute atomic E-state index is 11.1. The van der Waals surface area contributed by atoms with Gasteiger partial charge in [0, 0.05) is 12.6 Å². The summed E-state index contributed by atoms with van der Waals surface area (Å²) in [6.07, 6.45) is 1.83. The van der Waals surface area contributed by atoms with Crippen molar-refractivity contribution >= 4 is 10.0 Å². The first-order chi connectivity index (χ1) is 5.64. The average Bonchev–Trinajstić information content (AvgIpc) is 2.06. The van der Waals surface area contributed by atoms with Gasteiger partial charge in [-0.05, 0) is 19.8 Å². The third-order valence-corrected chi connectivity index (χ3v) is 3.34. The Kier molecular flexibility index (Phi) is 3.49. The van der Waals surface area contributed by atoms with E-state index in [-0.39, 0.29) is 11.8 Å². The van der Waals surface area contributed by atoms with Crippen LogP contribution in [0, 0.1) is 0 Å². The second-order valence-corrected chi connectivity index (χ2v) is 4.98.